The SMILES string of the molecule is O=C(Nc1cccc(C2OC(=O)N(Cc3ccc(F)cc3)C2C(=O)NCCN2CCOCC2)c1)c1ccccc1. The summed E-state index contributed by atoms with van der Waals surface area (Å²) < 4.78 is 24.6. The van der Waals surface area contributed by atoms with Crippen molar-refractivity contribution in [3.8, 4) is 0 Å². The number of hydrogen-bond donors (Lipinski definition) is 2. The second kappa shape index (κ2) is 12.7. The molecule has 40 heavy (non-hydrogen) atoms. The highest BCUT2D eigenvalue weighted by molar-refractivity contribution is 6.04. The monoisotopic (exact) mass is 546 g/mol. The average molecular weight is 547 g/mol. The molecule has 2 unspecified atom stereocenters. The number of nitrogens with one attached hydrogen (secondary N) is 2. The lowest BCUT2D eigenvalue weighted by Crippen LogP contribution is -2.48. The average Bonchev–Trinajstić information content (AvgIpc) is 3.31. The molecule has 3 aromatic rings. The maximum absolute atomic E-state index is 13.6. The Labute approximate surface area is 231 Å². The summed E-state index contributed by atoms with van der Waals surface area (Å²) in [4.78, 5) is 42.9. The molecule has 0 bridgehead atoms. The van der Waals surface area contributed by atoms with Gasteiger partial charge in [0, 0.05) is 37.4 Å². The molecule has 9 nitrogen and oxygen atoms in total. The van der Waals surface area contributed by atoms with Gasteiger partial charge in [-0.2, -0.15) is 0 Å². The molecule has 0 aromatic heterocycles. The molecule has 2 fully saturated rings. The van der Waals surface area contributed by atoms with Gasteiger partial charge >= 0.3 is 6.09 Å². The Bertz CT molecular complexity index is 1330. The topological polar surface area (TPSA) is 100 Å². The summed E-state index contributed by atoms with van der Waals surface area (Å²) in [5, 5.41) is 5.82. The van der Waals surface area contributed by atoms with Crippen LogP contribution in [-0.4, -0.2) is 73.1 Å². The fraction of sp³-hybridized carbons (Fsp3) is 0.300. The Morgan fingerprint density at radius 1 is 0.950 bits per heavy atom. The van der Waals surface area contributed by atoms with Gasteiger partial charge in [-0.05, 0) is 47.5 Å². The highest BCUT2D eigenvalue weighted by Crippen LogP contribution is 2.35. The van der Waals surface area contributed by atoms with Crippen molar-refractivity contribution >= 4 is 23.6 Å². The van der Waals surface area contributed by atoms with Crippen LogP contribution in [0.3, 0.4) is 0 Å². The number of ether oxygens (including phenoxy) is 2. The van der Waals surface area contributed by atoms with E-state index >= 15 is 0 Å². The second-order valence-electron chi connectivity index (χ2n) is 9.69. The maximum Gasteiger partial charge on any atom is 0.411 e. The van der Waals surface area contributed by atoms with E-state index in [1.165, 1.54) is 17.0 Å². The predicted molar refractivity (Wildman–Crippen MR) is 146 cm³/mol. The van der Waals surface area contributed by atoms with Gasteiger partial charge in [0.05, 0.1) is 19.8 Å². The Balaban J connectivity index is 1.35. The third-order valence-electron chi connectivity index (χ3n) is 6.96. The number of carbonyl (C=O) groups excluding carboxylic acids is 3. The summed E-state index contributed by atoms with van der Waals surface area (Å²) in [6.45, 7) is 4.02. The van der Waals surface area contributed by atoms with Crippen molar-refractivity contribution in [1.29, 1.82) is 0 Å². The van der Waals surface area contributed by atoms with Crippen LogP contribution in [0, 0.1) is 5.82 Å². The lowest BCUT2D eigenvalue weighted by atomic mass is 10.00. The van der Waals surface area contributed by atoms with E-state index in [0.717, 1.165) is 13.1 Å². The zero-order valence-electron chi connectivity index (χ0n) is 21.9. The van der Waals surface area contributed by atoms with Gasteiger partial charge in [-0.1, -0.05) is 42.5 Å². The van der Waals surface area contributed by atoms with Crippen LogP contribution in [0.4, 0.5) is 14.9 Å². The summed E-state index contributed by atoms with van der Waals surface area (Å²) in [5.41, 5.74) is 2.23. The van der Waals surface area contributed by atoms with E-state index < -0.39 is 24.1 Å². The quantitative estimate of drug-likeness (QED) is 0.426. The van der Waals surface area contributed by atoms with Crippen LogP contribution in [-0.2, 0) is 20.8 Å². The van der Waals surface area contributed by atoms with Crippen LogP contribution >= 0.6 is 0 Å². The number of nitrogens with zero attached hydrogens (tertiary/aromatic N) is 2. The number of anilines is 1. The first-order chi connectivity index (χ1) is 19.5. The van der Waals surface area contributed by atoms with Crippen LogP contribution in [0.1, 0.15) is 27.6 Å². The van der Waals surface area contributed by atoms with Gasteiger partial charge in [0.2, 0.25) is 5.91 Å². The minimum absolute atomic E-state index is 0.0710. The maximum atomic E-state index is 13.6. The molecular formula is C30H31FN4O5. The van der Waals surface area contributed by atoms with Crippen molar-refractivity contribution in [3.63, 3.8) is 0 Å². The minimum atomic E-state index is -0.970. The van der Waals surface area contributed by atoms with Crippen molar-refractivity contribution in [1.82, 2.24) is 15.1 Å². The fourth-order valence-corrected chi connectivity index (χ4v) is 4.85. The largest absolute Gasteiger partial charge is 0.438 e. The minimum Gasteiger partial charge on any atom is -0.438 e. The third-order valence-corrected chi connectivity index (χ3v) is 6.96. The first-order valence-electron chi connectivity index (χ1n) is 13.2. The van der Waals surface area contributed by atoms with Crippen molar-refractivity contribution in [2.75, 3.05) is 44.7 Å². The van der Waals surface area contributed by atoms with E-state index in [0.29, 0.717) is 48.7 Å². The van der Waals surface area contributed by atoms with E-state index in [4.69, 9.17) is 9.47 Å². The molecule has 2 atom stereocenters. The lowest BCUT2D eigenvalue weighted by Gasteiger charge is -2.28. The van der Waals surface area contributed by atoms with E-state index in [9.17, 15) is 18.8 Å². The van der Waals surface area contributed by atoms with E-state index in [-0.39, 0.29) is 18.4 Å². The summed E-state index contributed by atoms with van der Waals surface area (Å²) in [7, 11) is 0. The predicted octanol–water partition coefficient (Wildman–Crippen LogP) is 3.59. The molecule has 3 aromatic carbocycles. The molecular weight excluding hydrogens is 515 g/mol. The van der Waals surface area contributed by atoms with Gasteiger partial charge in [0.25, 0.3) is 5.91 Å². The van der Waals surface area contributed by atoms with E-state index in [1.54, 1.807) is 60.7 Å². The molecule has 0 aliphatic carbocycles. The van der Waals surface area contributed by atoms with Gasteiger partial charge in [0.15, 0.2) is 12.1 Å². The Kier molecular flexibility index (Phi) is 8.68. The first-order valence-corrected chi connectivity index (χ1v) is 13.2. The molecule has 2 heterocycles. The summed E-state index contributed by atoms with van der Waals surface area (Å²) in [6, 6.07) is 20.5. The molecule has 2 saturated heterocycles. The Morgan fingerprint density at radius 3 is 2.45 bits per heavy atom. The van der Waals surface area contributed by atoms with Crippen LogP contribution in [0.5, 0.6) is 0 Å². The van der Waals surface area contributed by atoms with Crippen LogP contribution < -0.4 is 10.6 Å². The van der Waals surface area contributed by atoms with E-state index in [1.807, 2.05) is 6.07 Å². The molecule has 2 aliphatic heterocycles. The molecule has 2 N–H and O–H groups in total. The highest BCUT2D eigenvalue weighted by atomic mass is 19.1. The third kappa shape index (κ3) is 6.64. The van der Waals surface area contributed by atoms with Crippen molar-refractivity contribution in [3.05, 3.63) is 101 Å². The molecule has 3 amide bonds. The van der Waals surface area contributed by atoms with Crippen LogP contribution in [0.15, 0.2) is 78.9 Å². The number of halogens is 1. The molecule has 208 valence electrons. The molecule has 5 rings (SSSR count). The summed E-state index contributed by atoms with van der Waals surface area (Å²) in [6.07, 6.45) is -1.56. The standard InChI is InChI=1S/C30H31FN4O5/c31-24-11-9-21(10-12-24)20-35-26(29(37)32-13-14-34-15-17-39-18-16-34)27(40-30(35)38)23-7-4-8-25(19-23)33-28(36)22-5-2-1-3-6-22/h1-12,19,26-27H,13-18,20H2,(H,32,37)(H,33,36). The molecule has 0 spiro atoms. The highest BCUT2D eigenvalue weighted by Gasteiger charge is 2.47. The smallest absolute Gasteiger partial charge is 0.411 e. The second-order valence-corrected chi connectivity index (χ2v) is 9.69. The first kappa shape index (κ1) is 27.3. The normalized spacial score (nSPS) is 19.2. The van der Waals surface area contributed by atoms with Gasteiger partial charge in [-0.25, -0.2) is 9.18 Å². The lowest BCUT2D eigenvalue weighted by molar-refractivity contribution is -0.126. The van der Waals surface area contributed by atoms with Gasteiger partial charge in [-0.15, -0.1) is 0 Å². The number of morpholine rings is 1. The van der Waals surface area contributed by atoms with Crippen molar-refractivity contribution in [2.45, 2.75) is 18.7 Å². The summed E-state index contributed by atoms with van der Waals surface area (Å²) in [5.74, 6) is -1.03. The molecule has 2 aliphatic rings. The number of cyclic esters (lactones) is 1. The van der Waals surface area contributed by atoms with Gasteiger partial charge < -0.3 is 20.1 Å². The Hall–Kier alpha value is -4.28. The van der Waals surface area contributed by atoms with Crippen LogP contribution in [0.2, 0.25) is 0 Å². The molecule has 0 radical (unpaired) electrons. The van der Waals surface area contributed by atoms with Gasteiger partial charge in [-0.3, -0.25) is 19.4 Å². The molecule has 0 saturated carbocycles. The van der Waals surface area contributed by atoms with Crippen molar-refractivity contribution in [2.24, 2.45) is 0 Å². The number of hydrogen-bond acceptors (Lipinski definition) is 6. The van der Waals surface area contributed by atoms with E-state index in [2.05, 4.69) is 15.5 Å². The Morgan fingerprint density at radius 2 is 1.70 bits per heavy atom. The van der Waals surface area contributed by atoms with Crippen LogP contribution in [0.25, 0.3) is 0 Å². The zero-order chi connectivity index (χ0) is 27.9. The fourth-order valence-electron chi connectivity index (χ4n) is 4.85. The summed E-state index contributed by atoms with van der Waals surface area (Å²) >= 11 is 0. The number of amides is 3. The number of benzene rings is 3. The van der Waals surface area contributed by atoms with Gasteiger partial charge in [0.1, 0.15) is 5.82 Å². The zero-order valence-corrected chi connectivity index (χ0v) is 21.9. The van der Waals surface area contributed by atoms with Crippen molar-refractivity contribution < 1.29 is 28.2 Å². The number of carbonyl (C=O) groups is 3. The number of rotatable bonds is 9. The molecule has 10 heteroatoms.